The van der Waals surface area contributed by atoms with E-state index in [4.69, 9.17) is 38.7 Å². The first kappa shape index (κ1) is 36.7. The number of nitrogen functional groups attached to an aromatic ring is 2. The molecular formula is C28H39FN10O11P2Si. The fourth-order valence-corrected chi connectivity index (χ4v) is 10.7. The Kier molecular flexibility index (Phi) is 8.42. The largest absolute Gasteiger partial charge is 0.472 e. The van der Waals surface area contributed by atoms with Crippen molar-refractivity contribution in [1.29, 1.82) is 0 Å². The zero-order chi connectivity index (χ0) is 38.0. The van der Waals surface area contributed by atoms with Gasteiger partial charge in [-0.3, -0.25) is 32.4 Å². The molecule has 6 heterocycles. The van der Waals surface area contributed by atoms with Crippen molar-refractivity contribution >= 4 is 58.1 Å². The minimum Gasteiger partial charge on any atom is -0.409 e. The van der Waals surface area contributed by atoms with Crippen molar-refractivity contribution < 1.29 is 50.6 Å². The molecule has 4 fully saturated rings. The number of nitrogens with two attached hydrogens (primary N) is 2. The van der Waals surface area contributed by atoms with Crippen LogP contribution in [0.25, 0.3) is 22.3 Å². The molecule has 2 saturated heterocycles. The number of hydrogen-bond donors (Lipinski definition) is 5. The zero-order valence-electron chi connectivity index (χ0n) is 29.1. The van der Waals surface area contributed by atoms with Gasteiger partial charge in [-0.2, -0.15) is 4.98 Å². The third-order valence-electron chi connectivity index (χ3n) is 11.1. The van der Waals surface area contributed by atoms with E-state index in [-0.39, 0.29) is 45.6 Å². The van der Waals surface area contributed by atoms with Gasteiger partial charge in [-0.15, -0.1) is 0 Å². The minimum absolute atomic E-state index is 0.00214. The lowest BCUT2D eigenvalue weighted by atomic mass is 10.0. The van der Waals surface area contributed by atoms with Gasteiger partial charge in [0.25, 0.3) is 5.56 Å². The van der Waals surface area contributed by atoms with Crippen molar-refractivity contribution in [3.8, 4) is 0 Å². The number of anilines is 2. The molecule has 25 heteroatoms. The number of H-pyrrole nitrogens is 1. The van der Waals surface area contributed by atoms with Crippen LogP contribution in [0.4, 0.5) is 16.2 Å². The molecule has 7 N–H and O–H groups in total. The topological polar surface area (TPSA) is 289 Å². The number of rotatable bonds is 4. The van der Waals surface area contributed by atoms with Crippen LogP contribution in [0.1, 0.15) is 39.5 Å². The fourth-order valence-electron chi connectivity index (χ4n) is 7.41. The molecule has 2 saturated carbocycles. The summed E-state index contributed by atoms with van der Waals surface area (Å²) in [6.45, 7) is 8.65. The lowest BCUT2D eigenvalue weighted by Gasteiger charge is -2.43. The number of hydrogen-bond acceptors (Lipinski definition) is 16. The quantitative estimate of drug-likeness (QED) is 0.146. The van der Waals surface area contributed by atoms with E-state index in [0.29, 0.717) is 0 Å². The van der Waals surface area contributed by atoms with Crippen LogP contribution in [0.5, 0.6) is 0 Å². The summed E-state index contributed by atoms with van der Waals surface area (Å²) in [5.41, 5.74) is 10.4. The lowest BCUT2D eigenvalue weighted by Crippen LogP contribution is -2.50. The molecule has 0 radical (unpaired) electrons. The highest BCUT2D eigenvalue weighted by Crippen LogP contribution is 2.73. The molecule has 3 unspecified atom stereocenters. The Morgan fingerprint density at radius 2 is 1.74 bits per heavy atom. The molecule has 8 rings (SSSR count). The van der Waals surface area contributed by atoms with Gasteiger partial charge in [0.2, 0.25) is 5.95 Å². The van der Waals surface area contributed by atoms with E-state index >= 15 is 4.39 Å². The van der Waals surface area contributed by atoms with Crippen molar-refractivity contribution in [3.63, 3.8) is 0 Å². The second-order valence-corrected chi connectivity index (χ2v) is 22.9. The maximum absolute atomic E-state index is 16.2. The third kappa shape index (κ3) is 6.06. The van der Waals surface area contributed by atoms with Gasteiger partial charge in [0.15, 0.2) is 43.3 Å². The molecule has 0 bridgehead atoms. The van der Waals surface area contributed by atoms with Crippen LogP contribution in [-0.2, 0) is 36.4 Å². The normalized spacial score (nSPS) is 37.9. The van der Waals surface area contributed by atoms with Crippen molar-refractivity contribution in [2.75, 3.05) is 24.7 Å². The summed E-state index contributed by atoms with van der Waals surface area (Å²) in [5, 5.41) is -0.350. The average molecular weight is 801 g/mol. The first-order valence-corrected chi connectivity index (χ1v) is 22.6. The van der Waals surface area contributed by atoms with E-state index < -0.39 is 96.9 Å². The van der Waals surface area contributed by atoms with Crippen molar-refractivity contribution in [3.05, 3.63) is 29.3 Å². The second kappa shape index (κ2) is 12.1. The molecule has 53 heavy (non-hydrogen) atoms. The van der Waals surface area contributed by atoms with Crippen molar-refractivity contribution in [2.24, 2.45) is 11.3 Å². The van der Waals surface area contributed by atoms with Gasteiger partial charge >= 0.3 is 15.6 Å². The van der Waals surface area contributed by atoms with Crippen LogP contribution in [0.15, 0.2) is 23.8 Å². The minimum atomic E-state index is -5.08. The number of alkyl halides is 1. The Hall–Kier alpha value is -3.21. The molecule has 2 aliphatic carbocycles. The number of nitrogens with one attached hydrogen (secondary N) is 1. The number of fused-ring (bicyclic) bond motifs is 3. The number of aromatic nitrogens is 8. The smallest absolute Gasteiger partial charge is 0.409 e. The first-order chi connectivity index (χ1) is 24.7. The summed E-state index contributed by atoms with van der Waals surface area (Å²) < 4.78 is 81.8. The predicted molar refractivity (Wildman–Crippen MR) is 184 cm³/mol. The van der Waals surface area contributed by atoms with E-state index in [2.05, 4.69) is 29.9 Å². The summed E-state index contributed by atoms with van der Waals surface area (Å²) in [5.74, 6) is -0.627. The molecule has 2 aliphatic heterocycles. The Morgan fingerprint density at radius 3 is 2.47 bits per heavy atom. The molecular weight excluding hydrogens is 761 g/mol. The lowest BCUT2D eigenvalue weighted by molar-refractivity contribution is -0.0645. The number of phosphoric acid groups is 2. The highest BCUT2D eigenvalue weighted by atomic mass is 31.2. The Bertz CT molecular complexity index is 2270. The van der Waals surface area contributed by atoms with Gasteiger partial charge in [-0.05, 0) is 30.5 Å². The van der Waals surface area contributed by atoms with Crippen LogP contribution in [0.3, 0.4) is 0 Å². The summed E-state index contributed by atoms with van der Waals surface area (Å²) in [6.07, 6.45) is -5.33. The molecule has 1 spiro atoms. The number of nitrogens with zero attached hydrogens (tertiary/aromatic N) is 7. The highest BCUT2D eigenvalue weighted by Gasteiger charge is 2.75. The number of ether oxygens (including phenoxy) is 1. The van der Waals surface area contributed by atoms with E-state index in [1.165, 1.54) is 17.2 Å². The number of phosphoric ester groups is 2. The summed E-state index contributed by atoms with van der Waals surface area (Å²) in [6, 6.07) is -0.734. The van der Waals surface area contributed by atoms with Gasteiger partial charge in [-0.25, -0.2) is 33.5 Å². The third-order valence-corrected chi connectivity index (χ3v) is 17.5. The Labute approximate surface area is 300 Å². The molecule has 4 aromatic rings. The summed E-state index contributed by atoms with van der Waals surface area (Å²) in [7, 11) is -12.8. The van der Waals surface area contributed by atoms with Crippen molar-refractivity contribution in [1.82, 2.24) is 39.0 Å². The summed E-state index contributed by atoms with van der Waals surface area (Å²) >= 11 is 0. The summed E-state index contributed by atoms with van der Waals surface area (Å²) in [4.78, 5) is 58.2. The predicted octanol–water partition coefficient (Wildman–Crippen LogP) is 2.33. The molecule has 4 aromatic heterocycles. The Morgan fingerprint density at radius 1 is 1.04 bits per heavy atom. The molecule has 0 amide bonds. The van der Waals surface area contributed by atoms with Gasteiger partial charge in [0.1, 0.15) is 30.2 Å². The average Bonchev–Trinajstić information content (AvgIpc) is 3.32. The molecule has 21 nitrogen and oxygen atoms in total. The monoisotopic (exact) mass is 800 g/mol. The van der Waals surface area contributed by atoms with Gasteiger partial charge in [0.05, 0.1) is 38.0 Å². The number of halogens is 1. The number of aromatic amines is 1. The van der Waals surface area contributed by atoms with Crippen molar-refractivity contribution in [2.45, 2.75) is 88.2 Å². The second-order valence-electron chi connectivity index (χ2n) is 15.3. The van der Waals surface area contributed by atoms with E-state index in [9.17, 15) is 23.7 Å². The SMILES string of the molecule is CC(C)(C)[Si](C)(C)O[C@H]1[C@H](n2cnc3c(=O)[nH]c(N)nc32)[C@H]2CC23COP(=O)(O)O[C@H]2[C@@H](F)[C@H](n4cnc5c(N)ncnc54)O[C@@H]2COP(=O)(O)O[C@@H]13. The molecule has 288 valence electrons. The zero-order valence-corrected chi connectivity index (χ0v) is 31.9. The van der Waals surface area contributed by atoms with E-state index in [0.717, 1.165) is 6.33 Å². The standard InChI is InChI=1S/C28H39FN10O11P2Si/c1-27(2,3)53(4,5)50-19-17(38-10-35-16-23(38)36-26(31)37-24(16)40)12-6-28(12)8-46-52(43,44)48-18-13(7-45-51(41,42)49-20(19)28)47-25(14(18)29)39-11-34-15-21(30)32-9-33-22(15)39/h9-14,17-20,25H,6-8H2,1-5H3,(H,41,42)(H,43,44)(H2,30,32,33)(H3,31,36,37,40)/t12-,13-,14-,17-,18-,19+,20+,25-,28?/m1/s1. The highest BCUT2D eigenvalue weighted by molar-refractivity contribution is 7.47. The fraction of sp³-hybridized carbons (Fsp3) is 0.643. The van der Waals surface area contributed by atoms with Crippen LogP contribution in [0.2, 0.25) is 18.1 Å². The van der Waals surface area contributed by atoms with Crippen LogP contribution in [0, 0.1) is 11.3 Å². The molecule has 0 aromatic carbocycles. The van der Waals surface area contributed by atoms with E-state index in [1.54, 1.807) is 4.57 Å². The van der Waals surface area contributed by atoms with Crippen LogP contribution < -0.4 is 17.0 Å². The maximum Gasteiger partial charge on any atom is 0.472 e. The molecule has 11 atom stereocenters. The van der Waals surface area contributed by atoms with E-state index in [1.807, 2.05) is 33.9 Å². The van der Waals surface area contributed by atoms with Gasteiger partial charge < -0.3 is 35.0 Å². The first-order valence-electron chi connectivity index (χ1n) is 16.7. The van der Waals surface area contributed by atoms with Crippen LogP contribution in [-0.4, -0.2) is 101 Å². The van der Waals surface area contributed by atoms with Crippen LogP contribution >= 0.6 is 15.6 Å². The Balaban J connectivity index is 1.17. The van der Waals surface area contributed by atoms with Gasteiger partial charge in [0, 0.05) is 5.41 Å². The van der Waals surface area contributed by atoms with Gasteiger partial charge in [-0.1, -0.05) is 20.8 Å². The maximum atomic E-state index is 16.2. The number of imidazole rings is 2. The molecule has 4 aliphatic rings.